The van der Waals surface area contributed by atoms with Crippen LogP contribution in [0.1, 0.15) is 19.3 Å². The van der Waals surface area contributed by atoms with Crippen molar-refractivity contribution in [1.82, 2.24) is 0 Å². The highest BCUT2D eigenvalue weighted by Crippen LogP contribution is 2.00. The lowest BCUT2D eigenvalue weighted by Gasteiger charge is -2.11. The SMILES string of the molecule is NCCCC[C@H](N)C(=O)OC(=O)[C@@H](N)CO. The molecule has 0 rings (SSSR count). The molecule has 0 aromatic rings. The van der Waals surface area contributed by atoms with Gasteiger partial charge in [-0.1, -0.05) is 6.42 Å². The Bertz CT molecular complexity index is 235. The highest BCUT2D eigenvalue weighted by atomic mass is 16.6. The number of hydrogen-bond donors (Lipinski definition) is 4. The van der Waals surface area contributed by atoms with Crippen LogP contribution in [0.15, 0.2) is 0 Å². The fourth-order valence-electron chi connectivity index (χ4n) is 0.951. The maximum Gasteiger partial charge on any atom is 0.332 e. The molecule has 0 aliphatic carbocycles. The fraction of sp³-hybridized carbons (Fsp3) is 0.778. The lowest BCUT2D eigenvalue weighted by atomic mass is 10.1. The summed E-state index contributed by atoms with van der Waals surface area (Å²) in [6.07, 6.45) is 1.84. The summed E-state index contributed by atoms with van der Waals surface area (Å²) in [7, 11) is 0. The third-order valence-electron chi connectivity index (χ3n) is 1.97. The maximum absolute atomic E-state index is 11.2. The van der Waals surface area contributed by atoms with Crippen molar-refractivity contribution in [2.75, 3.05) is 13.2 Å². The van der Waals surface area contributed by atoms with Crippen LogP contribution in [0.3, 0.4) is 0 Å². The monoisotopic (exact) mass is 233 g/mol. The molecule has 0 heterocycles. The van der Waals surface area contributed by atoms with Gasteiger partial charge < -0.3 is 27.0 Å². The van der Waals surface area contributed by atoms with Crippen LogP contribution in [0.5, 0.6) is 0 Å². The zero-order chi connectivity index (χ0) is 12.6. The van der Waals surface area contributed by atoms with Crippen molar-refractivity contribution in [2.24, 2.45) is 17.2 Å². The first-order valence-electron chi connectivity index (χ1n) is 5.10. The zero-order valence-corrected chi connectivity index (χ0v) is 9.09. The summed E-state index contributed by atoms with van der Waals surface area (Å²) < 4.78 is 4.38. The second-order valence-corrected chi connectivity index (χ2v) is 3.42. The molecule has 0 radical (unpaired) electrons. The molecular weight excluding hydrogens is 214 g/mol. The van der Waals surface area contributed by atoms with Gasteiger partial charge in [0.1, 0.15) is 12.1 Å². The predicted octanol–water partition coefficient (Wildman–Crippen LogP) is -2.17. The Balaban J connectivity index is 3.91. The van der Waals surface area contributed by atoms with E-state index in [4.69, 9.17) is 22.3 Å². The number of ether oxygens (including phenoxy) is 1. The van der Waals surface area contributed by atoms with Gasteiger partial charge in [0.25, 0.3) is 0 Å². The van der Waals surface area contributed by atoms with Crippen molar-refractivity contribution < 1.29 is 19.4 Å². The quantitative estimate of drug-likeness (QED) is 0.223. The van der Waals surface area contributed by atoms with Crippen LogP contribution < -0.4 is 17.2 Å². The van der Waals surface area contributed by atoms with E-state index in [9.17, 15) is 9.59 Å². The molecule has 0 unspecified atom stereocenters. The molecular formula is C9H19N3O4. The average molecular weight is 233 g/mol. The Morgan fingerprint density at radius 2 is 1.69 bits per heavy atom. The van der Waals surface area contributed by atoms with Crippen LogP contribution in [-0.4, -0.2) is 42.3 Å². The predicted molar refractivity (Wildman–Crippen MR) is 57.0 cm³/mol. The van der Waals surface area contributed by atoms with Gasteiger partial charge in [-0.2, -0.15) is 0 Å². The van der Waals surface area contributed by atoms with Gasteiger partial charge in [-0.15, -0.1) is 0 Å². The number of carbonyl (C=O) groups is 2. The number of nitrogens with two attached hydrogens (primary N) is 3. The second-order valence-electron chi connectivity index (χ2n) is 3.42. The van der Waals surface area contributed by atoms with Crippen molar-refractivity contribution in [3.8, 4) is 0 Å². The van der Waals surface area contributed by atoms with Gasteiger partial charge in [0.2, 0.25) is 0 Å². The number of aliphatic hydroxyl groups excluding tert-OH is 1. The molecule has 0 aliphatic heterocycles. The third kappa shape index (κ3) is 5.76. The molecule has 0 bridgehead atoms. The molecule has 2 atom stereocenters. The molecule has 7 nitrogen and oxygen atoms in total. The van der Waals surface area contributed by atoms with Gasteiger partial charge in [0.05, 0.1) is 6.61 Å². The van der Waals surface area contributed by atoms with Crippen LogP contribution in [0, 0.1) is 0 Å². The molecule has 0 fully saturated rings. The highest BCUT2D eigenvalue weighted by molar-refractivity contribution is 5.90. The summed E-state index contributed by atoms with van der Waals surface area (Å²) in [5.74, 6) is -1.80. The number of unbranched alkanes of at least 4 members (excludes halogenated alkanes) is 1. The molecule has 0 aromatic carbocycles. The largest absolute Gasteiger partial charge is 0.394 e. The molecule has 0 amide bonds. The van der Waals surface area contributed by atoms with Gasteiger partial charge in [-0.05, 0) is 19.4 Å². The first-order valence-corrected chi connectivity index (χ1v) is 5.10. The molecule has 7 N–H and O–H groups in total. The number of carbonyl (C=O) groups excluding carboxylic acids is 2. The molecule has 0 aromatic heterocycles. The minimum Gasteiger partial charge on any atom is -0.394 e. The van der Waals surface area contributed by atoms with Crippen LogP contribution in [0.25, 0.3) is 0 Å². The number of esters is 2. The van der Waals surface area contributed by atoms with Crippen LogP contribution >= 0.6 is 0 Å². The number of rotatable bonds is 7. The maximum atomic E-state index is 11.2. The van der Waals surface area contributed by atoms with E-state index in [1.165, 1.54) is 0 Å². The lowest BCUT2D eigenvalue weighted by Crippen LogP contribution is -2.41. The Kier molecular flexibility index (Phi) is 7.65. The Morgan fingerprint density at radius 1 is 1.12 bits per heavy atom. The standard InChI is InChI=1S/C9H19N3O4/c10-4-2-1-3-6(11)8(14)16-9(15)7(12)5-13/h6-7,13H,1-5,10-12H2/t6-,7-/m0/s1. The normalized spacial score (nSPS) is 14.2. The van der Waals surface area contributed by atoms with E-state index in [1.807, 2.05) is 0 Å². The Hall–Kier alpha value is -1.02. The second kappa shape index (κ2) is 8.17. The topological polar surface area (TPSA) is 142 Å². The highest BCUT2D eigenvalue weighted by Gasteiger charge is 2.22. The van der Waals surface area contributed by atoms with E-state index in [1.54, 1.807) is 0 Å². The average Bonchev–Trinajstić information content (AvgIpc) is 2.27. The third-order valence-corrected chi connectivity index (χ3v) is 1.97. The zero-order valence-electron chi connectivity index (χ0n) is 9.09. The molecule has 7 heteroatoms. The van der Waals surface area contributed by atoms with Gasteiger partial charge in [-0.25, -0.2) is 9.59 Å². The van der Waals surface area contributed by atoms with E-state index < -0.39 is 30.6 Å². The molecule has 0 aliphatic rings. The summed E-state index contributed by atoms with van der Waals surface area (Å²) in [6.45, 7) is -0.0510. The van der Waals surface area contributed by atoms with Gasteiger partial charge in [0, 0.05) is 0 Å². The molecule has 0 spiro atoms. The first kappa shape index (κ1) is 15.0. The number of hydrogen-bond acceptors (Lipinski definition) is 7. The summed E-state index contributed by atoms with van der Waals surface area (Å²) in [5.41, 5.74) is 15.9. The molecule has 0 saturated carbocycles. The van der Waals surface area contributed by atoms with Crippen molar-refractivity contribution in [3.05, 3.63) is 0 Å². The molecule has 16 heavy (non-hydrogen) atoms. The van der Waals surface area contributed by atoms with Gasteiger partial charge in [-0.3, -0.25) is 0 Å². The Morgan fingerprint density at radius 3 is 2.19 bits per heavy atom. The fourth-order valence-corrected chi connectivity index (χ4v) is 0.951. The van der Waals surface area contributed by atoms with Crippen molar-refractivity contribution in [1.29, 1.82) is 0 Å². The summed E-state index contributed by atoms with van der Waals surface area (Å²) in [6, 6.07) is -2.07. The van der Waals surface area contributed by atoms with Crippen molar-refractivity contribution in [3.63, 3.8) is 0 Å². The number of aliphatic hydroxyl groups is 1. The smallest absolute Gasteiger partial charge is 0.332 e. The summed E-state index contributed by atoms with van der Waals surface area (Å²) in [5, 5.41) is 8.55. The van der Waals surface area contributed by atoms with E-state index in [0.29, 0.717) is 19.4 Å². The minimum absolute atomic E-state index is 0.400. The van der Waals surface area contributed by atoms with E-state index >= 15 is 0 Å². The Labute approximate surface area is 93.9 Å². The molecule has 0 saturated heterocycles. The van der Waals surface area contributed by atoms with Crippen molar-refractivity contribution in [2.45, 2.75) is 31.3 Å². The van der Waals surface area contributed by atoms with Gasteiger partial charge in [0.15, 0.2) is 0 Å². The van der Waals surface area contributed by atoms with Gasteiger partial charge >= 0.3 is 11.9 Å². The minimum atomic E-state index is -1.21. The van der Waals surface area contributed by atoms with E-state index in [0.717, 1.165) is 6.42 Å². The first-order chi connectivity index (χ1) is 7.52. The van der Waals surface area contributed by atoms with Crippen molar-refractivity contribution >= 4 is 11.9 Å². The summed E-state index contributed by atoms with van der Waals surface area (Å²) >= 11 is 0. The lowest BCUT2D eigenvalue weighted by molar-refractivity contribution is -0.162. The summed E-state index contributed by atoms with van der Waals surface area (Å²) in [4.78, 5) is 22.2. The van der Waals surface area contributed by atoms with Crippen LogP contribution in [0.4, 0.5) is 0 Å². The van der Waals surface area contributed by atoms with Crippen LogP contribution in [0.2, 0.25) is 0 Å². The van der Waals surface area contributed by atoms with E-state index in [2.05, 4.69) is 4.74 Å². The van der Waals surface area contributed by atoms with E-state index in [-0.39, 0.29) is 0 Å². The van der Waals surface area contributed by atoms with Crippen LogP contribution in [-0.2, 0) is 14.3 Å². The molecule has 94 valence electrons.